The number of carbonyl (C=O) groups is 1. The second-order valence-corrected chi connectivity index (χ2v) is 7.38. The number of nitrogens with zero attached hydrogens (tertiary/aromatic N) is 4. The summed E-state index contributed by atoms with van der Waals surface area (Å²) in [4.78, 5) is 22.7. The Hall–Kier alpha value is -2.64. The van der Waals surface area contributed by atoms with Crippen LogP contribution < -0.4 is 10.6 Å². The van der Waals surface area contributed by atoms with Crippen LogP contribution in [-0.2, 0) is 4.79 Å². The van der Waals surface area contributed by atoms with Crippen molar-refractivity contribution >= 4 is 34.4 Å². The average molecular weight is 399 g/mol. The zero-order chi connectivity index (χ0) is 19.5. The van der Waals surface area contributed by atoms with Crippen molar-refractivity contribution in [3.8, 4) is 5.82 Å². The molecule has 0 atom stereocenters. The third kappa shape index (κ3) is 3.95. The molecule has 3 heterocycles. The number of amides is 1. The van der Waals surface area contributed by atoms with E-state index in [1.807, 2.05) is 35.0 Å². The number of likely N-dealkylation sites (tertiary alicyclic amines) is 1. The summed E-state index contributed by atoms with van der Waals surface area (Å²) in [6.07, 6.45) is 5.48. The molecule has 1 aliphatic rings. The Bertz CT molecular complexity index is 980. The molecule has 0 radical (unpaired) electrons. The minimum Gasteiger partial charge on any atom is -0.358 e. The Labute approximate surface area is 168 Å². The SMILES string of the molecule is CNC(=O)CN1CCC(Nc2ncc(Cl)c(-n3ccc4ccccc43)n2)CC1. The van der Waals surface area contributed by atoms with Crippen molar-refractivity contribution in [3.05, 3.63) is 47.7 Å². The highest BCUT2D eigenvalue weighted by atomic mass is 35.5. The Morgan fingerprint density at radius 1 is 1.25 bits per heavy atom. The number of nitrogens with one attached hydrogen (secondary N) is 2. The first-order chi connectivity index (χ1) is 13.6. The number of halogens is 1. The Morgan fingerprint density at radius 2 is 2.04 bits per heavy atom. The van der Waals surface area contributed by atoms with E-state index >= 15 is 0 Å². The molecule has 2 aromatic heterocycles. The van der Waals surface area contributed by atoms with E-state index in [2.05, 4.69) is 31.6 Å². The molecule has 2 N–H and O–H groups in total. The van der Waals surface area contributed by atoms with Crippen LogP contribution >= 0.6 is 11.6 Å². The molecule has 1 aromatic carbocycles. The van der Waals surface area contributed by atoms with Crippen LogP contribution in [0.3, 0.4) is 0 Å². The van der Waals surface area contributed by atoms with Gasteiger partial charge in [-0.1, -0.05) is 29.8 Å². The fourth-order valence-electron chi connectivity index (χ4n) is 3.56. The van der Waals surface area contributed by atoms with Crippen molar-refractivity contribution in [1.29, 1.82) is 0 Å². The molecule has 146 valence electrons. The molecule has 0 aliphatic carbocycles. The van der Waals surface area contributed by atoms with E-state index in [1.165, 1.54) is 0 Å². The van der Waals surface area contributed by atoms with Gasteiger partial charge in [0.2, 0.25) is 11.9 Å². The van der Waals surface area contributed by atoms with Crippen molar-refractivity contribution in [2.24, 2.45) is 0 Å². The third-order valence-corrected chi connectivity index (χ3v) is 5.39. The first-order valence-electron chi connectivity index (χ1n) is 9.42. The van der Waals surface area contributed by atoms with Gasteiger partial charge in [0.05, 0.1) is 18.3 Å². The smallest absolute Gasteiger partial charge is 0.233 e. The van der Waals surface area contributed by atoms with Crippen LogP contribution in [0.1, 0.15) is 12.8 Å². The lowest BCUT2D eigenvalue weighted by molar-refractivity contribution is -0.122. The molecule has 28 heavy (non-hydrogen) atoms. The van der Waals surface area contributed by atoms with E-state index in [0.29, 0.717) is 23.3 Å². The molecule has 8 heteroatoms. The monoisotopic (exact) mass is 398 g/mol. The van der Waals surface area contributed by atoms with Gasteiger partial charge < -0.3 is 10.6 Å². The maximum atomic E-state index is 11.5. The molecule has 1 aliphatic heterocycles. The first kappa shape index (κ1) is 18.7. The van der Waals surface area contributed by atoms with Crippen LogP contribution in [0.5, 0.6) is 0 Å². The van der Waals surface area contributed by atoms with Gasteiger partial charge >= 0.3 is 0 Å². The lowest BCUT2D eigenvalue weighted by Gasteiger charge is -2.31. The summed E-state index contributed by atoms with van der Waals surface area (Å²) in [5, 5.41) is 7.74. The lowest BCUT2D eigenvalue weighted by atomic mass is 10.1. The average Bonchev–Trinajstić information content (AvgIpc) is 3.15. The van der Waals surface area contributed by atoms with Crippen molar-refractivity contribution in [3.63, 3.8) is 0 Å². The van der Waals surface area contributed by atoms with Crippen molar-refractivity contribution < 1.29 is 4.79 Å². The number of hydrogen-bond acceptors (Lipinski definition) is 5. The van der Waals surface area contributed by atoms with Crippen LogP contribution in [0.2, 0.25) is 5.02 Å². The number of anilines is 1. The molecular formula is C20H23ClN6O. The first-order valence-corrected chi connectivity index (χ1v) is 9.80. The van der Waals surface area contributed by atoms with Crippen molar-refractivity contribution in [2.45, 2.75) is 18.9 Å². The van der Waals surface area contributed by atoms with Gasteiger partial charge in [0.15, 0.2) is 5.82 Å². The zero-order valence-corrected chi connectivity index (χ0v) is 16.5. The van der Waals surface area contributed by atoms with Gasteiger partial charge in [-0.15, -0.1) is 0 Å². The van der Waals surface area contributed by atoms with Crippen LogP contribution in [0, 0.1) is 0 Å². The van der Waals surface area contributed by atoms with Gasteiger partial charge in [-0.05, 0) is 30.4 Å². The summed E-state index contributed by atoms with van der Waals surface area (Å²) in [6, 6.07) is 10.4. The fraction of sp³-hybridized carbons (Fsp3) is 0.350. The van der Waals surface area contributed by atoms with Gasteiger partial charge in [-0.2, -0.15) is 4.98 Å². The molecule has 0 bridgehead atoms. The zero-order valence-electron chi connectivity index (χ0n) is 15.7. The number of likely N-dealkylation sites (N-methyl/N-ethyl adjacent to an activating group) is 1. The number of carbonyl (C=O) groups excluding carboxylic acids is 1. The van der Waals surface area contributed by atoms with Crippen LogP contribution in [0.4, 0.5) is 5.95 Å². The van der Waals surface area contributed by atoms with Gasteiger partial charge in [0.1, 0.15) is 5.02 Å². The lowest BCUT2D eigenvalue weighted by Crippen LogP contribution is -2.43. The second-order valence-electron chi connectivity index (χ2n) is 6.98. The minimum atomic E-state index is 0.0519. The summed E-state index contributed by atoms with van der Waals surface area (Å²) >= 11 is 6.39. The Morgan fingerprint density at radius 3 is 2.82 bits per heavy atom. The largest absolute Gasteiger partial charge is 0.358 e. The standard InChI is InChI=1S/C20H23ClN6O/c1-22-18(28)13-26-9-7-15(8-10-26)24-20-23-12-16(21)19(25-20)27-11-6-14-4-2-3-5-17(14)27/h2-6,11-12,15H,7-10,13H2,1H3,(H,22,28)(H,23,24,25). The maximum absolute atomic E-state index is 11.5. The molecule has 3 aromatic rings. The molecule has 1 saturated heterocycles. The topological polar surface area (TPSA) is 75.1 Å². The third-order valence-electron chi connectivity index (χ3n) is 5.12. The highest BCUT2D eigenvalue weighted by Gasteiger charge is 2.21. The van der Waals surface area contributed by atoms with Crippen molar-refractivity contribution in [1.82, 2.24) is 24.8 Å². The summed E-state index contributed by atoms with van der Waals surface area (Å²) in [6.45, 7) is 2.19. The quantitative estimate of drug-likeness (QED) is 0.691. The Balaban J connectivity index is 1.47. The molecule has 7 nitrogen and oxygen atoms in total. The maximum Gasteiger partial charge on any atom is 0.233 e. The van der Waals surface area contributed by atoms with Crippen LogP contribution in [-0.4, -0.2) is 58.1 Å². The summed E-state index contributed by atoms with van der Waals surface area (Å²) < 4.78 is 1.98. The number of rotatable bonds is 5. The molecule has 4 rings (SSSR count). The number of fused-ring (bicyclic) bond motifs is 1. The number of aromatic nitrogens is 3. The molecule has 0 spiro atoms. The van der Waals surface area contributed by atoms with E-state index in [-0.39, 0.29) is 11.9 Å². The van der Waals surface area contributed by atoms with E-state index in [0.717, 1.165) is 36.8 Å². The summed E-state index contributed by atoms with van der Waals surface area (Å²) in [5.41, 5.74) is 1.05. The summed E-state index contributed by atoms with van der Waals surface area (Å²) in [5.74, 6) is 1.29. The molecule has 0 unspecified atom stereocenters. The fourth-order valence-corrected chi connectivity index (χ4v) is 3.75. The number of para-hydroxylation sites is 1. The number of piperidine rings is 1. The van der Waals surface area contributed by atoms with E-state index in [1.54, 1.807) is 13.2 Å². The van der Waals surface area contributed by atoms with Gasteiger partial charge in [-0.25, -0.2) is 4.98 Å². The summed E-state index contributed by atoms with van der Waals surface area (Å²) in [7, 11) is 1.67. The Kier molecular flexibility index (Phi) is 5.45. The minimum absolute atomic E-state index is 0.0519. The van der Waals surface area contributed by atoms with Gasteiger partial charge in [-0.3, -0.25) is 14.3 Å². The van der Waals surface area contributed by atoms with Crippen LogP contribution in [0.25, 0.3) is 16.7 Å². The van der Waals surface area contributed by atoms with Gasteiger partial charge in [0, 0.05) is 32.4 Å². The predicted molar refractivity (Wildman–Crippen MR) is 111 cm³/mol. The highest BCUT2D eigenvalue weighted by Crippen LogP contribution is 2.25. The van der Waals surface area contributed by atoms with E-state index < -0.39 is 0 Å². The molecule has 0 saturated carbocycles. The van der Waals surface area contributed by atoms with Crippen molar-refractivity contribution in [2.75, 3.05) is 32.0 Å². The molecule has 1 amide bonds. The van der Waals surface area contributed by atoms with E-state index in [4.69, 9.17) is 11.6 Å². The van der Waals surface area contributed by atoms with Crippen LogP contribution in [0.15, 0.2) is 42.7 Å². The normalized spacial score (nSPS) is 15.6. The highest BCUT2D eigenvalue weighted by molar-refractivity contribution is 6.32. The predicted octanol–water partition coefficient (Wildman–Crippen LogP) is 2.70. The van der Waals surface area contributed by atoms with Gasteiger partial charge in [0.25, 0.3) is 0 Å². The second kappa shape index (κ2) is 8.16. The molecular weight excluding hydrogens is 376 g/mol. The molecule has 1 fully saturated rings. The number of hydrogen-bond donors (Lipinski definition) is 2. The number of benzene rings is 1. The van der Waals surface area contributed by atoms with E-state index in [9.17, 15) is 4.79 Å².